The van der Waals surface area contributed by atoms with Crippen LogP contribution >= 0.6 is 0 Å². The summed E-state index contributed by atoms with van der Waals surface area (Å²) in [6.45, 7) is 6.67. The lowest BCUT2D eigenvalue weighted by Gasteiger charge is -2.22. The van der Waals surface area contributed by atoms with E-state index in [0.29, 0.717) is 17.6 Å². The average Bonchev–Trinajstić information content (AvgIpc) is 2.20. The van der Waals surface area contributed by atoms with Gasteiger partial charge >= 0.3 is 0 Å². The molecule has 0 aliphatic rings. The van der Waals surface area contributed by atoms with Gasteiger partial charge in [-0.1, -0.05) is 51.8 Å². The Labute approximate surface area is 93.1 Å². The number of phenolic OH excluding ortho intramolecular Hbond substituents is 1. The third kappa shape index (κ3) is 3.26. The lowest BCUT2D eigenvalue weighted by atomic mass is 9.84. The highest BCUT2D eigenvalue weighted by Crippen LogP contribution is 2.34. The van der Waals surface area contributed by atoms with E-state index in [1.54, 1.807) is 6.07 Å². The third-order valence-corrected chi connectivity index (χ3v) is 3.01. The summed E-state index contributed by atoms with van der Waals surface area (Å²) in [6, 6.07) is 7.73. The van der Waals surface area contributed by atoms with Gasteiger partial charge in [-0.2, -0.15) is 0 Å². The molecule has 0 saturated heterocycles. The summed E-state index contributed by atoms with van der Waals surface area (Å²) in [5.41, 5.74) is 1.11. The maximum atomic E-state index is 9.83. The smallest absolute Gasteiger partial charge is 0.119 e. The first-order valence-corrected chi connectivity index (χ1v) is 5.94. The Morgan fingerprint density at radius 3 is 2.40 bits per heavy atom. The van der Waals surface area contributed by atoms with Crippen molar-refractivity contribution in [1.82, 2.24) is 0 Å². The normalized spacial score (nSPS) is 13.1. The fourth-order valence-electron chi connectivity index (χ4n) is 2.07. The molecule has 84 valence electrons. The van der Waals surface area contributed by atoms with E-state index in [2.05, 4.69) is 26.8 Å². The summed E-state index contributed by atoms with van der Waals surface area (Å²) in [6.07, 6.45) is 3.62. The van der Waals surface area contributed by atoms with Gasteiger partial charge in [-0.25, -0.2) is 0 Å². The quantitative estimate of drug-likeness (QED) is 0.760. The Balaban J connectivity index is 2.84. The molecule has 0 amide bonds. The molecule has 1 aromatic carbocycles. The second-order valence-corrected chi connectivity index (χ2v) is 4.55. The minimum absolute atomic E-state index is 0.451. The van der Waals surface area contributed by atoms with E-state index >= 15 is 0 Å². The zero-order valence-corrected chi connectivity index (χ0v) is 10.0. The fraction of sp³-hybridized carbons (Fsp3) is 0.571. The van der Waals surface area contributed by atoms with Crippen LogP contribution < -0.4 is 0 Å². The summed E-state index contributed by atoms with van der Waals surface area (Å²) in [5, 5.41) is 9.83. The van der Waals surface area contributed by atoms with E-state index in [4.69, 9.17) is 0 Å². The number of hydrogen-bond donors (Lipinski definition) is 1. The Kier molecular flexibility index (Phi) is 4.67. The van der Waals surface area contributed by atoms with E-state index in [1.807, 2.05) is 12.1 Å². The van der Waals surface area contributed by atoms with Gasteiger partial charge in [0, 0.05) is 0 Å². The molecule has 0 aromatic heterocycles. The van der Waals surface area contributed by atoms with Crippen LogP contribution in [0.2, 0.25) is 0 Å². The minimum Gasteiger partial charge on any atom is -0.508 e. The number of phenols is 1. The molecule has 0 bridgehead atoms. The standard InChI is InChI=1S/C14H22O/c1-4-5-8-12(11(2)3)13-9-6-7-10-14(13)15/h6-7,9-12,15H,4-5,8H2,1-3H3. The second-order valence-electron chi connectivity index (χ2n) is 4.55. The molecular weight excluding hydrogens is 184 g/mol. The largest absolute Gasteiger partial charge is 0.508 e. The first-order valence-electron chi connectivity index (χ1n) is 5.94. The summed E-state index contributed by atoms with van der Waals surface area (Å²) >= 11 is 0. The van der Waals surface area contributed by atoms with Crippen LogP contribution in [-0.4, -0.2) is 5.11 Å². The molecule has 1 aromatic rings. The average molecular weight is 206 g/mol. The fourth-order valence-corrected chi connectivity index (χ4v) is 2.07. The van der Waals surface area contributed by atoms with Gasteiger partial charge in [0.15, 0.2) is 0 Å². The van der Waals surface area contributed by atoms with Crippen molar-refractivity contribution in [3.63, 3.8) is 0 Å². The van der Waals surface area contributed by atoms with Gasteiger partial charge in [-0.05, 0) is 29.9 Å². The van der Waals surface area contributed by atoms with E-state index in [1.165, 1.54) is 19.3 Å². The number of hydrogen-bond acceptors (Lipinski definition) is 1. The van der Waals surface area contributed by atoms with Gasteiger partial charge in [0.1, 0.15) is 5.75 Å². The van der Waals surface area contributed by atoms with Crippen LogP contribution in [-0.2, 0) is 0 Å². The maximum absolute atomic E-state index is 9.83. The lowest BCUT2D eigenvalue weighted by molar-refractivity contribution is 0.415. The Bertz CT molecular complexity index is 291. The molecule has 1 heteroatoms. The molecule has 0 saturated carbocycles. The molecule has 0 heterocycles. The van der Waals surface area contributed by atoms with Crippen molar-refractivity contribution in [1.29, 1.82) is 0 Å². The van der Waals surface area contributed by atoms with Gasteiger partial charge in [0.2, 0.25) is 0 Å². The van der Waals surface area contributed by atoms with Crippen LogP contribution in [0.1, 0.15) is 51.5 Å². The highest BCUT2D eigenvalue weighted by atomic mass is 16.3. The number of para-hydroxylation sites is 1. The summed E-state index contributed by atoms with van der Waals surface area (Å²) in [7, 11) is 0. The molecule has 1 atom stereocenters. The second kappa shape index (κ2) is 5.79. The molecular formula is C14H22O. The molecule has 1 unspecified atom stereocenters. The van der Waals surface area contributed by atoms with Crippen molar-refractivity contribution in [3.05, 3.63) is 29.8 Å². The van der Waals surface area contributed by atoms with Crippen LogP contribution in [0.4, 0.5) is 0 Å². The van der Waals surface area contributed by atoms with Crippen molar-refractivity contribution in [3.8, 4) is 5.75 Å². The zero-order valence-electron chi connectivity index (χ0n) is 10.0. The summed E-state index contributed by atoms with van der Waals surface area (Å²) in [5.74, 6) is 1.53. The Morgan fingerprint density at radius 2 is 1.87 bits per heavy atom. The van der Waals surface area contributed by atoms with Crippen molar-refractivity contribution in [2.75, 3.05) is 0 Å². The Hall–Kier alpha value is -0.980. The van der Waals surface area contributed by atoms with Gasteiger partial charge in [0.25, 0.3) is 0 Å². The topological polar surface area (TPSA) is 20.2 Å². The predicted molar refractivity (Wildman–Crippen MR) is 65.2 cm³/mol. The minimum atomic E-state index is 0.451. The van der Waals surface area contributed by atoms with E-state index in [9.17, 15) is 5.11 Å². The number of benzene rings is 1. The maximum Gasteiger partial charge on any atom is 0.119 e. The molecule has 1 N–H and O–H groups in total. The van der Waals surface area contributed by atoms with Crippen molar-refractivity contribution in [2.24, 2.45) is 5.92 Å². The van der Waals surface area contributed by atoms with E-state index in [0.717, 1.165) is 5.56 Å². The first-order chi connectivity index (χ1) is 7.16. The molecule has 0 spiro atoms. The highest BCUT2D eigenvalue weighted by molar-refractivity contribution is 5.35. The van der Waals surface area contributed by atoms with Crippen molar-refractivity contribution in [2.45, 2.75) is 46.0 Å². The monoisotopic (exact) mass is 206 g/mol. The number of aromatic hydroxyl groups is 1. The number of unbranched alkanes of at least 4 members (excludes halogenated alkanes) is 1. The van der Waals surface area contributed by atoms with Crippen LogP contribution in [0.5, 0.6) is 5.75 Å². The summed E-state index contributed by atoms with van der Waals surface area (Å²) in [4.78, 5) is 0. The molecule has 1 rings (SSSR count). The highest BCUT2D eigenvalue weighted by Gasteiger charge is 2.17. The SMILES string of the molecule is CCCCC(c1ccccc1O)C(C)C. The van der Waals surface area contributed by atoms with Gasteiger partial charge < -0.3 is 5.11 Å². The van der Waals surface area contributed by atoms with Crippen LogP contribution in [0.3, 0.4) is 0 Å². The summed E-state index contributed by atoms with van der Waals surface area (Å²) < 4.78 is 0. The van der Waals surface area contributed by atoms with Gasteiger partial charge in [0.05, 0.1) is 0 Å². The first kappa shape index (κ1) is 12.1. The van der Waals surface area contributed by atoms with Crippen molar-refractivity contribution < 1.29 is 5.11 Å². The Morgan fingerprint density at radius 1 is 1.20 bits per heavy atom. The van der Waals surface area contributed by atoms with E-state index < -0.39 is 0 Å². The molecule has 0 aliphatic carbocycles. The van der Waals surface area contributed by atoms with E-state index in [-0.39, 0.29) is 0 Å². The van der Waals surface area contributed by atoms with Crippen molar-refractivity contribution >= 4 is 0 Å². The van der Waals surface area contributed by atoms with Crippen LogP contribution in [0.25, 0.3) is 0 Å². The zero-order chi connectivity index (χ0) is 11.3. The predicted octanol–water partition coefficient (Wildman–Crippen LogP) is 4.32. The van der Waals surface area contributed by atoms with Crippen LogP contribution in [0.15, 0.2) is 24.3 Å². The van der Waals surface area contributed by atoms with Gasteiger partial charge in [-0.15, -0.1) is 0 Å². The van der Waals surface area contributed by atoms with Gasteiger partial charge in [-0.3, -0.25) is 0 Å². The molecule has 1 nitrogen and oxygen atoms in total. The number of rotatable bonds is 5. The lowest BCUT2D eigenvalue weighted by Crippen LogP contribution is -2.07. The molecule has 0 radical (unpaired) electrons. The molecule has 0 aliphatic heterocycles. The van der Waals surface area contributed by atoms with Crippen LogP contribution in [0, 0.1) is 5.92 Å². The molecule has 15 heavy (non-hydrogen) atoms. The molecule has 0 fully saturated rings. The third-order valence-electron chi connectivity index (χ3n) is 3.01.